The van der Waals surface area contributed by atoms with Crippen LogP contribution in [-0.4, -0.2) is 40.8 Å². The summed E-state index contributed by atoms with van der Waals surface area (Å²) < 4.78 is 5.34. The number of hydrogen-bond acceptors (Lipinski definition) is 6. The van der Waals surface area contributed by atoms with E-state index in [2.05, 4.69) is 10.3 Å². The molecular weight excluding hydrogens is 450 g/mol. The minimum absolute atomic E-state index is 0.0935. The fourth-order valence-corrected chi connectivity index (χ4v) is 5.04. The molecule has 3 aromatic rings. The largest absolute Gasteiger partial charge is 0.496 e. The number of ether oxygens (including phenoxy) is 1. The van der Waals surface area contributed by atoms with Gasteiger partial charge < -0.3 is 10.1 Å². The van der Waals surface area contributed by atoms with Gasteiger partial charge in [0.15, 0.2) is 5.13 Å². The van der Waals surface area contributed by atoms with Crippen LogP contribution in [0.5, 0.6) is 5.75 Å². The summed E-state index contributed by atoms with van der Waals surface area (Å²) in [6.07, 6.45) is 0.353. The Labute approximate surface area is 202 Å². The highest BCUT2D eigenvalue weighted by Crippen LogP contribution is 2.33. The minimum Gasteiger partial charge on any atom is -0.496 e. The monoisotopic (exact) mass is 477 g/mol. The Kier molecular flexibility index (Phi) is 6.52. The third-order valence-electron chi connectivity index (χ3n) is 5.83. The predicted molar refractivity (Wildman–Crippen MR) is 132 cm³/mol. The Morgan fingerprint density at radius 2 is 1.74 bits per heavy atom. The molecule has 0 saturated heterocycles. The highest BCUT2D eigenvalue weighted by atomic mass is 32.1. The molecule has 1 N–H and O–H groups in total. The van der Waals surface area contributed by atoms with Crippen molar-refractivity contribution in [3.8, 4) is 17.0 Å². The van der Waals surface area contributed by atoms with Crippen LogP contribution < -0.4 is 10.1 Å². The highest BCUT2D eigenvalue weighted by Gasteiger charge is 2.43. The van der Waals surface area contributed by atoms with Gasteiger partial charge in [-0.1, -0.05) is 26.0 Å². The number of nitrogens with zero attached hydrogens (tertiary/aromatic N) is 2. The maximum Gasteiger partial charge on any atom is 0.262 e. The van der Waals surface area contributed by atoms with Crippen molar-refractivity contribution >= 4 is 34.2 Å². The molecule has 0 fully saturated rings. The minimum atomic E-state index is -0.928. The molecule has 1 aromatic heterocycles. The second-order valence-corrected chi connectivity index (χ2v) is 9.97. The van der Waals surface area contributed by atoms with Crippen LogP contribution in [0.1, 0.15) is 51.4 Å². The van der Waals surface area contributed by atoms with Crippen molar-refractivity contribution in [1.29, 1.82) is 0 Å². The van der Waals surface area contributed by atoms with Gasteiger partial charge in [-0.3, -0.25) is 19.3 Å². The number of carbonyl (C=O) groups is 3. The molecule has 8 heteroatoms. The normalized spacial score (nSPS) is 13.9. The van der Waals surface area contributed by atoms with Gasteiger partial charge in [-0.15, -0.1) is 11.3 Å². The van der Waals surface area contributed by atoms with E-state index in [1.165, 1.54) is 11.3 Å². The van der Waals surface area contributed by atoms with Crippen LogP contribution in [0.2, 0.25) is 0 Å². The van der Waals surface area contributed by atoms with Crippen molar-refractivity contribution in [2.45, 2.75) is 40.2 Å². The number of thiazole rings is 1. The third kappa shape index (κ3) is 4.33. The van der Waals surface area contributed by atoms with Gasteiger partial charge in [-0.2, -0.15) is 0 Å². The van der Waals surface area contributed by atoms with Gasteiger partial charge in [0.25, 0.3) is 11.8 Å². The maximum absolute atomic E-state index is 13.4. The summed E-state index contributed by atoms with van der Waals surface area (Å²) in [5.74, 6) is -0.412. The zero-order valence-electron chi connectivity index (χ0n) is 19.8. The van der Waals surface area contributed by atoms with E-state index >= 15 is 0 Å². The second-order valence-electron chi connectivity index (χ2n) is 8.77. The van der Waals surface area contributed by atoms with Gasteiger partial charge in [0.1, 0.15) is 11.8 Å². The average Bonchev–Trinajstić information content (AvgIpc) is 3.28. The molecule has 0 saturated carbocycles. The molecule has 2 aromatic carbocycles. The molecule has 34 heavy (non-hydrogen) atoms. The topological polar surface area (TPSA) is 88.6 Å². The lowest BCUT2D eigenvalue weighted by Crippen LogP contribution is -2.47. The maximum atomic E-state index is 13.4. The van der Waals surface area contributed by atoms with E-state index in [1.807, 2.05) is 45.9 Å². The summed E-state index contributed by atoms with van der Waals surface area (Å²) in [6, 6.07) is 11.6. The average molecular weight is 478 g/mol. The molecule has 2 heterocycles. The van der Waals surface area contributed by atoms with Crippen LogP contribution in [0, 0.1) is 19.8 Å². The van der Waals surface area contributed by atoms with Gasteiger partial charge in [0.2, 0.25) is 5.91 Å². The van der Waals surface area contributed by atoms with E-state index < -0.39 is 23.8 Å². The van der Waals surface area contributed by atoms with Crippen molar-refractivity contribution in [1.82, 2.24) is 9.88 Å². The van der Waals surface area contributed by atoms with Gasteiger partial charge in [-0.05, 0) is 62.1 Å². The molecule has 1 unspecified atom stereocenters. The number of amides is 3. The molecular formula is C26H27N3O4S. The van der Waals surface area contributed by atoms with Crippen molar-refractivity contribution < 1.29 is 19.1 Å². The summed E-state index contributed by atoms with van der Waals surface area (Å²) in [4.78, 5) is 46.1. The number of nitrogens with one attached hydrogen (secondary N) is 1. The lowest BCUT2D eigenvalue weighted by Gasteiger charge is -2.26. The van der Waals surface area contributed by atoms with Crippen molar-refractivity contribution in [2.24, 2.45) is 5.92 Å². The molecule has 1 aliphatic heterocycles. The van der Waals surface area contributed by atoms with E-state index in [1.54, 1.807) is 31.4 Å². The number of fused-ring (bicyclic) bond motifs is 1. The summed E-state index contributed by atoms with van der Waals surface area (Å²) in [6.45, 7) is 7.81. The van der Waals surface area contributed by atoms with Gasteiger partial charge in [-0.25, -0.2) is 4.98 Å². The first kappa shape index (κ1) is 23.6. The summed E-state index contributed by atoms with van der Waals surface area (Å²) in [5, 5.41) is 3.29. The fourth-order valence-electron chi connectivity index (χ4n) is 4.20. The zero-order valence-corrected chi connectivity index (χ0v) is 20.7. The molecule has 7 nitrogen and oxygen atoms in total. The van der Waals surface area contributed by atoms with Crippen LogP contribution in [-0.2, 0) is 4.79 Å². The van der Waals surface area contributed by atoms with Gasteiger partial charge in [0.05, 0.1) is 23.9 Å². The molecule has 1 aliphatic rings. The molecule has 1 atom stereocenters. The Morgan fingerprint density at radius 3 is 2.29 bits per heavy atom. The fraction of sp³-hybridized carbons (Fsp3) is 0.308. The Balaban J connectivity index is 1.60. The number of hydrogen-bond donors (Lipinski definition) is 1. The molecule has 0 aliphatic carbocycles. The van der Waals surface area contributed by atoms with Gasteiger partial charge in [0, 0.05) is 10.4 Å². The van der Waals surface area contributed by atoms with Gasteiger partial charge >= 0.3 is 0 Å². The third-order valence-corrected chi connectivity index (χ3v) is 6.72. The number of rotatable bonds is 7. The Morgan fingerprint density at radius 1 is 1.09 bits per heavy atom. The number of imide groups is 1. The first-order valence-electron chi connectivity index (χ1n) is 11.1. The predicted octanol–water partition coefficient (Wildman–Crippen LogP) is 5.08. The van der Waals surface area contributed by atoms with E-state index in [4.69, 9.17) is 4.74 Å². The summed E-state index contributed by atoms with van der Waals surface area (Å²) >= 11 is 1.36. The highest BCUT2D eigenvalue weighted by molar-refractivity contribution is 7.16. The Hall–Kier alpha value is -3.52. The van der Waals surface area contributed by atoms with Crippen molar-refractivity contribution in [2.75, 3.05) is 12.4 Å². The smallest absolute Gasteiger partial charge is 0.262 e. The summed E-state index contributed by atoms with van der Waals surface area (Å²) in [5.41, 5.74) is 3.34. The van der Waals surface area contributed by atoms with E-state index in [-0.39, 0.29) is 5.92 Å². The lowest BCUT2D eigenvalue weighted by atomic mass is 10.0. The molecule has 0 spiro atoms. The quantitative estimate of drug-likeness (QED) is 0.479. The number of methoxy groups -OCH3 is 1. The molecule has 176 valence electrons. The summed E-state index contributed by atoms with van der Waals surface area (Å²) in [7, 11) is 1.63. The van der Waals surface area contributed by atoms with Crippen LogP contribution in [0.3, 0.4) is 0 Å². The van der Waals surface area contributed by atoms with Crippen molar-refractivity contribution in [3.63, 3.8) is 0 Å². The van der Waals surface area contributed by atoms with Crippen LogP contribution in [0.4, 0.5) is 5.13 Å². The van der Waals surface area contributed by atoms with Crippen LogP contribution >= 0.6 is 11.3 Å². The molecule has 4 rings (SSSR count). The first-order valence-corrected chi connectivity index (χ1v) is 11.9. The number of aromatic nitrogens is 1. The van der Waals surface area contributed by atoms with E-state index in [0.717, 1.165) is 32.3 Å². The second kappa shape index (κ2) is 9.38. The number of carbonyl (C=O) groups excluding carboxylic acids is 3. The zero-order chi connectivity index (χ0) is 24.6. The standard InChI is InChI=1S/C26H27N3O4S/c1-14(2)12-20(29-24(31)18-8-6-7-9-19(18)25(29)32)23(30)28-26-27-22(16(4)34-26)17-10-11-21(33-5)15(3)13-17/h6-11,13-14,20H,12H2,1-5H3,(H,27,28,30). The van der Waals surface area contributed by atoms with E-state index in [0.29, 0.717) is 22.7 Å². The number of aryl methyl sites for hydroxylation is 2. The van der Waals surface area contributed by atoms with E-state index in [9.17, 15) is 14.4 Å². The molecule has 3 amide bonds. The number of benzene rings is 2. The van der Waals surface area contributed by atoms with Crippen LogP contribution in [0.25, 0.3) is 11.3 Å². The lowest BCUT2D eigenvalue weighted by molar-refractivity contribution is -0.120. The molecule has 0 bridgehead atoms. The molecule has 0 radical (unpaired) electrons. The number of anilines is 1. The Bertz CT molecular complexity index is 1250. The first-order chi connectivity index (χ1) is 16.2. The SMILES string of the molecule is COc1ccc(-c2nc(NC(=O)C(CC(C)C)N3C(=O)c4ccccc4C3=O)sc2C)cc1C. The van der Waals surface area contributed by atoms with Crippen molar-refractivity contribution in [3.05, 3.63) is 64.0 Å². The van der Waals surface area contributed by atoms with Crippen LogP contribution in [0.15, 0.2) is 42.5 Å².